The number of para-hydroxylation sites is 1. The zero-order chi connectivity index (χ0) is 14.7. The van der Waals surface area contributed by atoms with Crippen LogP contribution in [0.15, 0.2) is 46.9 Å². The molecule has 2 rings (SSSR count). The van der Waals surface area contributed by atoms with E-state index in [9.17, 15) is 9.18 Å². The number of amides is 1. The second-order valence-electron chi connectivity index (χ2n) is 4.13. The molecule has 0 aliphatic rings. The highest BCUT2D eigenvalue weighted by Crippen LogP contribution is 2.28. The third kappa shape index (κ3) is 3.29. The van der Waals surface area contributed by atoms with Gasteiger partial charge in [-0.25, -0.2) is 4.39 Å². The van der Waals surface area contributed by atoms with E-state index in [-0.39, 0.29) is 5.56 Å². The summed E-state index contributed by atoms with van der Waals surface area (Å²) in [7, 11) is 0. The second kappa shape index (κ2) is 6.24. The van der Waals surface area contributed by atoms with Crippen molar-refractivity contribution in [2.24, 2.45) is 5.73 Å². The quantitative estimate of drug-likeness (QED) is 0.872. The molecule has 1 atom stereocenters. The maximum atomic E-state index is 14.0. The predicted molar refractivity (Wildman–Crippen MR) is 81.1 cm³/mol. The van der Waals surface area contributed by atoms with Crippen molar-refractivity contribution >= 4 is 39.1 Å². The van der Waals surface area contributed by atoms with Crippen molar-refractivity contribution in [3.05, 3.63) is 63.3 Å². The Kier molecular flexibility index (Phi) is 4.62. The van der Waals surface area contributed by atoms with Gasteiger partial charge in [-0.15, -0.1) is 0 Å². The molecule has 2 aromatic rings. The molecule has 1 unspecified atom stereocenters. The van der Waals surface area contributed by atoms with Crippen molar-refractivity contribution in [2.45, 2.75) is 6.04 Å². The molecule has 6 heteroatoms. The lowest BCUT2D eigenvalue weighted by Crippen LogP contribution is -2.28. The standard InChI is InChI=1S/C14H11BrClFN2O/c15-8-5-6-9(11(17)7-8)13(14(18)20)19-12-4-2-1-3-10(12)16/h1-7,13,19H,(H2,18,20). The topological polar surface area (TPSA) is 55.1 Å². The Hall–Kier alpha value is -1.59. The fraction of sp³-hybridized carbons (Fsp3) is 0.0714. The van der Waals surface area contributed by atoms with E-state index in [4.69, 9.17) is 17.3 Å². The van der Waals surface area contributed by atoms with Crippen molar-refractivity contribution in [1.82, 2.24) is 0 Å². The van der Waals surface area contributed by atoms with Crippen molar-refractivity contribution in [3.8, 4) is 0 Å². The van der Waals surface area contributed by atoms with Gasteiger partial charge in [0.1, 0.15) is 11.9 Å². The van der Waals surface area contributed by atoms with Crippen LogP contribution in [0.25, 0.3) is 0 Å². The van der Waals surface area contributed by atoms with E-state index in [0.717, 1.165) is 0 Å². The molecular formula is C14H11BrClFN2O. The Bertz CT molecular complexity index is 651. The number of nitrogens with two attached hydrogens (primary N) is 1. The zero-order valence-corrected chi connectivity index (χ0v) is 12.6. The molecule has 0 aliphatic carbocycles. The maximum absolute atomic E-state index is 14.0. The molecule has 0 aromatic heterocycles. The number of rotatable bonds is 4. The Labute approximate surface area is 129 Å². The Balaban J connectivity index is 2.37. The minimum Gasteiger partial charge on any atom is -0.369 e. The average molecular weight is 358 g/mol. The number of carbonyl (C=O) groups excluding carboxylic acids is 1. The Morgan fingerprint density at radius 3 is 2.60 bits per heavy atom. The number of benzene rings is 2. The number of nitrogens with one attached hydrogen (secondary N) is 1. The second-order valence-corrected chi connectivity index (χ2v) is 5.45. The monoisotopic (exact) mass is 356 g/mol. The van der Waals surface area contributed by atoms with Gasteiger partial charge in [0.25, 0.3) is 0 Å². The lowest BCUT2D eigenvalue weighted by Gasteiger charge is -2.18. The van der Waals surface area contributed by atoms with Crippen molar-refractivity contribution in [3.63, 3.8) is 0 Å². The van der Waals surface area contributed by atoms with E-state index >= 15 is 0 Å². The third-order valence-corrected chi connectivity index (χ3v) is 3.55. The minimum absolute atomic E-state index is 0.167. The average Bonchev–Trinajstić information content (AvgIpc) is 2.38. The van der Waals surface area contributed by atoms with Gasteiger partial charge in [0, 0.05) is 10.0 Å². The minimum atomic E-state index is -0.997. The van der Waals surface area contributed by atoms with Gasteiger partial charge in [-0.1, -0.05) is 45.7 Å². The highest BCUT2D eigenvalue weighted by molar-refractivity contribution is 9.10. The molecular weight excluding hydrogens is 347 g/mol. The molecule has 0 fully saturated rings. The van der Waals surface area contributed by atoms with Gasteiger partial charge in [-0.05, 0) is 24.3 Å². The zero-order valence-electron chi connectivity index (χ0n) is 10.2. The maximum Gasteiger partial charge on any atom is 0.244 e. The number of halogens is 3. The lowest BCUT2D eigenvalue weighted by atomic mass is 10.1. The van der Waals surface area contributed by atoms with Gasteiger partial charge in [-0.2, -0.15) is 0 Å². The van der Waals surface area contributed by atoms with E-state index in [1.165, 1.54) is 12.1 Å². The van der Waals surface area contributed by atoms with E-state index in [1.54, 1.807) is 30.3 Å². The van der Waals surface area contributed by atoms with Crippen LogP contribution < -0.4 is 11.1 Å². The van der Waals surface area contributed by atoms with Gasteiger partial charge >= 0.3 is 0 Å². The Morgan fingerprint density at radius 1 is 1.30 bits per heavy atom. The van der Waals surface area contributed by atoms with Gasteiger partial charge < -0.3 is 11.1 Å². The van der Waals surface area contributed by atoms with Crippen LogP contribution in [0.1, 0.15) is 11.6 Å². The molecule has 0 spiro atoms. The summed E-state index contributed by atoms with van der Waals surface area (Å²) in [5.41, 5.74) is 6.03. The van der Waals surface area contributed by atoms with Crippen LogP contribution in [-0.2, 0) is 4.79 Å². The number of primary amides is 1. The fourth-order valence-corrected chi connectivity index (χ4v) is 2.29. The van der Waals surface area contributed by atoms with Crippen molar-refractivity contribution in [1.29, 1.82) is 0 Å². The normalized spacial score (nSPS) is 11.9. The van der Waals surface area contributed by atoms with E-state index < -0.39 is 17.8 Å². The number of anilines is 1. The van der Waals surface area contributed by atoms with Gasteiger partial charge in [0.15, 0.2) is 0 Å². The smallest absolute Gasteiger partial charge is 0.244 e. The fourth-order valence-electron chi connectivity index (χ4n) is 1.77. The number of carbonyl (C=O) groups is 1. The molecule has 0 saturated heterocycles. The molecule has 20 heavy (non-hydrogen) atoms. The molecule has 0 heterocycles. The van der Waals surface area contributed by atoms with Gasteiger partial charge in [0.05, 0.1) is 10.7 Å². The number of hydrogen-bond acceptors (Lipinski definition) is 2. The highest BCUT2D eigenvalue weighted by atomic mass is 79.9. The van der Waals surface area contributed by atoms with Crippen LogP contribution in [-0.4, -0.2) is 5.91 Å². The molecule has 0 aliphatic heterocycles. The van der Waals surface area contributed by atoms with E-state index in [0.29, 0.717) is 15.2 Å². The summed E-state index contributed by atoms with van der Waals surface area (Å²) in [6.45, 7) is 0. The lowest BCUT2D eigenvalue weighted by molar-refractivity contribution is -0.118. The summed E-state index contributed by atoms with van der Waals surface area (Å²) in [6, 6.07) is 10.3. The molecule has 1 amide bonds. The van der Waals surface area contributed by atoms with Crippen LogP contribution in [0.4, 0.5) is 10.1 Å². The first-order valence-electron chi connectivity index (χ1n) is 5.74. The van der Waals surface area contributed by atoms with Crippen molar-refractivity contribution in [2.75, 3.05) is 5.32 Å². The SMILES string of the molecule is NC(=O)C(Nc1ccccc1Cl)c1ccc(Br)cc1F. The Morgan fingerprint density at radius 2 is 2.00 bits per heavy atom. The summed E-state index contributed by atoms with van der Waals surface area (Å²) < 4.78 is 14.5. The largest absolute Gasteiger partial charge is 0.369 e. The van der Waals surface area contributed by atoms with Crippen molar-refractivity contribution < 1.29 is 9.18 Å². The van der Waals surface area contributed by atoms with Crippen LogP contribution in [0, 0.1) is 5.82 Å². The molecule has 3 N–H and O–H groups in total. The molecule has 3 nitrogen and oxygen atoms in total. The first-order valence-corrected chi connectivity index (χ1v) is 6.91. The van der Waals surface area contributed by atoms with Crippen LogP contribution >= 0.6 is 27.5 Å². The molecule has 0 saturated carbocycles. The summed E-state index contributed by atoms with van der Waals surface area (Å²) in [6.07, 6.45) is 0. The molecule has 2 aromatic carbocycles. The molecule has 0 bridgehead atoms. The van der Waals surface area contributed by atoms with Crippen LogP contribution in [0.5, 0.6) is 0 Å². The summed E-state index contributed by atoms with van der Waals surface area (Å²) in [4.78, 5) is 11.6. The van der Waals surface area contributed by atoms with E-state index in [1.807, 2.05) is 0 Å². The highest BCUT2D eigenvalue weighted by Gasteiger charge is 2.22. The van der Waals surface area contributed by atoms with Gasteiger partial charge in [-0.3, -0.25) is 4.79 Å². The predicted octanol–water partition coefficient (Wildman–Crippen LogP) is 3.88. The molecule has 104 valence electrons. The number of hydrogen-bond donors (Lipinski definition) is 2. The third-order valence-electron chi connectivity index (χ3n) is 2.73. The van der Waals surface area contributed by atoms with Gasteiger partial charge in [0.2, 0.25) is 5.91 Å². The summed E-state index contributed by atoms with van der Waals surface area (Å²) in [5, 5.41) is 3.29. The van der Waals surface area contributed by atoms with Crippen LogP contribution in [0.3, 0.4) is 0 Å². The van der Waals surface area contributed by atoms with Crippen LogP contribution in [0.2, 0.25) is 5.02 Å². The first-order chi connectivity index (χ1) is 9.49. The first kappa shape index (κ1) is 14.8. The molecule has 0 radical (unpaired) electrons. The summed E-state index contributed by atoms with van der Waals surface area (Å²) in [5.74, 6) is -1.21. The summed E-state index contributed by atoms with van der Waals surface area (Å²) >= 11 is 9.17. The van der Waals surface area contributed by atoms with E-state index in [2.05, 4.69) is 21.2 Å².